The molecule has 1 saturated carbocycles. The molecule has 15 heavy (non-hydrogen) atoms. The molecule has 0 spiro atoms. The fourth-order valence-electron chi connectivity index (χ4n) is 2.12. The van der Waals surface area contributed by atoms with Gasteiger partial charge in [-0.2, -0.15) is 5.26 Å². The summed E-state index contributed by atoms with van der Waals surface area (Å²) in [4.78, 5) is 3.08. The van der Waals surface area contributed by atoms with Crippen LogP contribution in [0.15, 0.2) is 18.3 Å². The first-order valence-corrected chi connectivity index (χ1v) is 5.11. The lowest BCUT2D eigenvalue weighted by atomic mass is 10.0. The second kappa shape index (κ2) is 2.77. The largest absolute Gasteiger partial charge is 0.397 e. The summed E-state index contributed by atoms with van der Waals surface area (Å²) in [7, 11) is 0. The first kappa shape index (κ1) is 8.37. The molecule has 1 heterocycles. The van der Waals surface area contributed by atoms with Gasteiger partial charge in [0.1, 0.15) is 6.07 Å². The molecule has 1 aromatic carbocycles. The van der Waals surface area contributed by atoms with Gasteiger partial charge in [-0.05, 0) is 30.4 Å². The standard InChI is InChI=1S/C12H11N3/c13-5-8-6-15-12-10(14)4-3-9(11(8)12)7-1-2-7/h3-4,6-7,15H,1-2,14H2. The van der Waals surface area contributed by atoms with Crippen molar-refractivity contribution in [3.05, 3.63) is 29.5 Å². The highest BCUT2D eigenvalue weighted by Crippen LogP contribution is 2.44. The van der Waals surface area contributed by atoms with Gasteiger partial charge >= 0.3 is 0 Å². The van der Waals surface area contributed by atoms with E-state index < -0.39 is 0 Å². The smallest absolute Gasteiger partial charge is 0.101 e. The Morgan fingerprint density at radius 3 is 2.87 bits per heavy atom. The van der Waals surface area contributed by atoms with Crippen molar-refractivity contribution in [1.82, 2.24) is 4.98 Å². The van der Waals surface area contributed by atoms with E-state index >= 15 is 0 Å². The Labute approximate surface area is 87.5 Å². The summed E-state index contributed by atoms with van der Waals surface area (Å²) in [5, 5.41) is 10.1. The van der Waals surface area contributed by atoms with Crippen molar-refractivity contribution in [3.63, 3.8) is 0 Å². The monoisotopic (exact) mass is 197 g/mol. The summed E-state index contributed by atoms with van der Waals surface area (Å²) < 4.78 is 0. The van der Waals surface area contributed by atoms with Gasteiger partial charge in [0.15, 0.2) is 0 Å². The molecule has 2 aromatic rings. The first-order chi connectivity index (χ1) is 7.31. The molecule has 1 fully saturated rings. The minimum atomic E-state index is 0.635. The number of aromatic nitrogens is 1. The lowest BCUT2D eigenvalue weighted by Gasteiger charge is -2.03. The Bertz CT molecular complexity index is 570. The van der Waals surface area contributed by atoms with Gasteiger partial charge in [-0.3, -0.25) is 0 Å². The molecule has 1 aromatic heterocycles. The van der Waals surface area contributed by atoms with Crippen LogP contribution in [0.5, 0.6) is 0 Å². The van der Waals surface area contributed by atoms with Crippen LogP contribution < -0.4 is 5.73 Å². The highest BCUT2D eigenvalue weighted by atomic mass is 14.7. The Balaban J connectivity index is 2.40. The van der Waals surface area contributed by atoms with Crippen molar-refractivity contribution in [1.29, 1.82) is 5.26 Å². The number of fused-ring (bicyclic) bond motifs is 1. The van der Waals surface area contributed by atoms with E-state index in [1.807, 2.05) is 6.07 Å². The van der Waals surface area contributed by atoms with Gasteiger partial charge in [0, 0.05) is 11.6 Å². The maximum Gasteiger partial charge on any atom is 0.101 e. The summed E-state index contributed by atoms with van der Waals surface area (Å²) in [5.41, 5.74) is 9.49. The topological polar surface area (TPSA) is 65.6 Å². The fourth-order valence-corrected chi connectivity index (χ4v) is 2.12. The highest BCUT2D eigenvalue weighted by Gasteiger charge is 2.27. The number of hydrogen-bond donors (Lipinski definition) is 2. The van der Waals surface area contributed by atoms with Crippen molar-refractivity contribution < 1.29 is 0 Å². The van der Waals surface area contributed by atoms with Crippen LogP contribution in [-0.4, -0.2) is 4.98 Å². The molecule has 3 N–H and O–H groups in total. The van der Waals surface area contributed by atoms with Crippen LogP contribution in [-0.2, 0) is 0 Å². The summed E-state index contributed by atoms with van der Waals surface area (Å²) in [6, 6.07) is 6.20. The van der Waals surface area contributed by atoms with Crippen molar-refractivity contribution in [2.45, 2.75) is 18.8 Å². The number of rotatable bonds is 1. The molecular weight excluding hydrogens is 186 g/mol. The highest BCUT2D eigenvalue weighted by molar-refractivity contribution is 5.97. The average Bonchev–Trinajstić information content (AvgIpc) is 2.98. The number of nitrogens with one attached hydrogen (secondary N) is 1. The lowest BCUT2D eigenvalue weighted by Crippen LogP contribution is -1.90. The number of benzene rings is 1. The maximum absolute atomic E-state index is 9.03. The molecule has 0 atom stereocenters. The van der Waals surface area contributed by atoms with Gasteiger partial charge in [-0.1, -0.05) is 6.07 Å². The number of H-pyrrole nitrogens is 1. The van der Waals surface area contributed by atoms with Crippen molar-refractivity contribution in [2.24, 2.45) is 0 Å². The predicted molar refractivity (Wildman–Crippen MR) is 59.4 cm³/mol. The summed E-state index contributed by atoms with van der Waals surface area (Å²) in [5.74, 6) is 0.635. The quantitative estimate of drug-likeness (QED) is 0.690. The van der Waals surface area contributed by atoms with Crippen LogP contribution in [0.1, 0.15) is 29.9 Å². The predicted octanol–water partition coefficient (Wildman–Crippen LogP) is 2.50. The molecule has 0 amide bonds. The molecule has 0 aliphatic heterocycles. The van der Waals surface area contributed by atoms with E-state index in [-0.39, 0.29) is 0 Å². The summed E-state index contributed by atoms with van der Waals surface area (Å²) in [6.45, 7) is 0. The number of hydrogen-bond acceptors (Lipinski definition) is 2. The molecule has 1 aliphatic carbocycles. The normalized spacial score (nSPS) is 15.4. The third-order valence-corrected chi connectivity index (χ3v) is 3.04. The zero-order valence-corrected chi connectivity index (χ0v) is 8.25. The third kappa shape index (κ3) is 1.11. The molecule has 0 saturated heterocycles. The average molecular weight is 197 g/mol. The first-order valence-electron chi connectivity index (χ1n) is 5.11. The number of anilines is 1. The number of nitriles is 1. The minimum absolute atomic E-state index is 0.635. The molecule has 1 aliphatic rings. The Morgan fingerprint density at radius 1 is 1.40 bits per heavy atom. The Hall–Kier alpha value is -1.95. The van der Waals surface area contributed by atoms with Gasteiger partial charge < -0.3 is 10.7 Å². The molecule has 3 heteroatoms. The van der Waals surface area contributed by atoms with E-state index in [4.69, 9.17) is 11.0 Å². The number of nitrogen functional groups attached to an aromatic ring is 1. The lowest BCUT2D eigenvalue weighted by molar-refractivity contribution is 1.15. The van der Waals surface area contributed by atoms with Crippen LogP contribution in [0.4, 0.5) is 5.69 Å². The molecule has 3 nitrogen and oxygen atoms in total. The van der Waals surface area contributed by atoms with E-state index in [1.165, 1.54) is 18.4 Å². The molecule has 0 radical (unpaired) electrons. The number of nitrogens with zero attached hydrogens (tertiary/aromatic N) is 1. The minimum Gasteiger partial charge on any atom is -0.397 e. The SMILES string of the molecule is N#Cc1c[nH]c2c(N)ccc(C3CC3)c12. The molecule has 3 rings (SSSR count). The van der Waals surface area contributed by atoms with E-state index in [9.17, 15) is 0 Å². The van der Waals surface area contributed by atoms with Crippen molar-refractivity contribution in [3.8, 4) is 6.07 Å². The van der Waals surface area contributed by atoms with E-state index in [0.717, 1.165) is 16.6 Å². The molecular formula is C12H11N3. The van der Waals surface area contributed by atoms with Crippen molar-refractivity contribution >= 4 is 16.6 Å². The van der Waals surface area contributed by atoms with Gasteiger partial charge in [-0.15, -0.1) is 0 Å². The van der Waals surface area contributed by atoms with Gasteiger partial charge in [0.2, 0.25) is 0 Å². The van der Waals surface area contributed by atoms with Crippen molar-refractivity contribution in [2.75, 3.05) is 5.73 Å². The van der Waals surface area contributed by atoms with Crippen LogP contribution in [0.3, 0.4) is 0 Å². The van der Waals surface area contributed by atoms with Crippen LogP contribution in [0.25, 0.3) is 10.9 Å². The summed E-state index contributed by atoms with van der Waals surface area (Å²) >= 11 is 0. The van der Waals surface area contributed by atoms with Gasteiger partial charge in [0.05, 0.1) is 16.8 Å². The maximum atomic E-state index is 9.03. The molecule has 74 valence electrons. The van der Waals surface area contributed by atoms with Crippen LogP contribution >= 0.6 is 0 Å². The zero-order chi connectivity index (χ0) is 10.4. The van der Waals surface area contributed by atoms with E-state index in [1.54, 1.807) is 6.20 Å². The second-order valence-corrected chi connectivity index (χ2v) is 4.08. The van der Waals surface area contributed by atoms with E-state index in [2.05, 4.69) is 17.1 Å². The second-order valence-electron chi connectivity index (χ2n) is 4.08. The number of aromatic amines is 1. The summed E-state index contributed by atoms with van der Waals surface area (Å²) in [6.07, 6.45) is 4.21. The van der Waals surface area contributed by atoms with Crippen LogP contribution in [0.2, 0.25) is 0 Å². The molecule has 0 bridgehead atoms. The van der Waals surface area contributed by atoms with E-state index in [0.29, 0.717) is 11.5 Å². The van der Waals surface area contributed by atoms with Gasteiger partial charge in [0.25, 0.3) is 0 Å². The third-order valence-electron chi connectivity index (χ3n) is 3.04. The Morgan fingerprint density at radius 2 is 2.20 bits per heavy atom. The van der Waals surface area contributed by atoms with Crippen LogP contribution in [0, 0.1) is 11.3 Å². The molecule has 0 unspecified atom stereocenters. The fraction of sp³-hybridized carbons (Fsp3) is 0.250. The number of nitrogens with two attached hydrogens (primary N) is 1. The zero-order valence-electron chi connectivity index (χ0n) is 8.25. The Kier molecular flexibility index (Phi) is 1.54. The van der Waals surface area contributed by atoms with Gasteiger partial charge in [-0.25, -0.2) is 0 Å².